The molecule has 1 aromatic heterocycles. The van der Waals surface area contributed by atoms with Gasteiger partial charge in [-0.25, -0.2) is 0 Å². The van der Waals surface area contributed by atoms with Gasteiger partial charge in [0.05, 0.1) is 0 Å². The first-order valence-corrected chi connectivity index (χ1v) is 8.08. The van der Waals surface area contributed by atoms with Crippen LogP contribution in [0.4, 0.5) is 0 Å². The van der Waals surface area contributed by atoms with Crippen LogP contribution in [0.1, 0.15) is 37.0 Å². The van der Waals surface area contributed by atoms with Crippen LogP contribution in [0.5, 0.6) is 0 Å². The maximum Gasteiger partial charge on any atom is 0.222 e. The molecule has 0 spiro atoms. The summed E-state index contributed by atoms with van der Waals surface area (Å²) in [6.45, 7) is 0.706. The molecule has 0 radical (unpaired) electrons. The fourth-order valence-electron chi connectivity index (χ4n) is 3.03. The van der Waals surface area contributed by atoms with E-state index in [0.717, 1.165) is 19.3 Å². The second-order valence-electron chi connectivity index (χ2n) is 5.43. The van der Waals surface area contributed by atoms with Gasteiger partial charge in [0.2, 0.25) is 5.91 Å². The molecule has 0 aliphatic heterocycles. The van der Waals surface area contributed by atoms with Crippen LogP contribution in [0.25, 0.3) is 0 Å². The molecule has 4 heteroatoms. The molecule has 1 saturated carbocycles. The maximum atomic E-state index is 12.2. The Hall–Kier alpha value is -0.870. The van der Waals surface area contributed by atoms with Crippen molar-refractivity contribution in [3.05, 3.63) is 22.4 Å². The van der Waals surface area contributed by atoms with Gasteiger partial charge in [0, 0.05) is 24.4 Å². The standard InChI is InChI=1S/C15H24N2OS/c1-17(14-8-2-5-12(14)11-16)15(18)9-3-6-13-7-4-10-19-13/h4,7,10,12,14H,2-3,5-6,8-9,11,16H2,1H3. The van der Waals surface area contributed by atoms with Crippen molar-refractivity contribution in [2.45, 2.75) is 44.6 Å². The van der Waals surface area contributed by atoms with E-state index < -0.39 is 0 Å². The normalized spacial score (nSPS) is 22.6. The molecule has 1 aromatic rings. The fourth-order valence-corrected chi connectivity index (χ4v) is 3.78. The van der Waals surface area contributed by atoms with Crippen molar-refractivity contribution in [3.63, 3.8) is 0 Å². The Labute approximate surface area is 119 Å². The highest BCUT2D eigenvalue weighted by molar-refractivity contribution is 7.09. The molecule has 0 saturated heterocycles. The molecule has 2 N–H and O–H groups in total. The van der Waals surface area contributed by atoms with Crippen LogP contribution >= 0.6 is 11.3 Å². The van der Waals surface area contributed by atoms with Gasteiger partial charge in [-0.3, -0.25) is 4.79 Å². The minimum absolute atomic E-state index is 0.280. The van der Waals surface area contributed by atoms with Crippen molar-refractivity contribution in [1.29, 1.82) is 0 Å². The van der Waals surface area contributed by atoms with Crippen molar-refractivity contribution < 1.29 is 4.79 Å². The Balaban J connectivity index is 1.76. The van der Waals surface area contributed by atoms with E-state index in [9.17, 15) is 4.79 Å². The van der Waals surface area contributed by atoms with E-state index in [1.165, 1.54) is 17.7 Å². The summed E-state index contributed by atoms with van der Waals surface area (Å²) in [6, 6.07) is 4.58. The van der Waals surface area contributed by atoms with Crippen molar-refractivity contribution >= 4 is 17.2 Å². The average molecular weight is 280 g/mol. The molecular formula is C15H24N2OS. The van der Waals surface area contributed by atoms with Crippen LogP contribution in [0.15, 0.2) is 17.5 Å². The Morgan fingerprint density at radius 1 is 1.53 bits per heavy atom. The molecule has 3 nitrogen and oxygen atoms in total. The molecule has 1 amide bonds. The van der Waals surface area contributed by atoms with E-state index in [2.05, 4.69) is 17.5 Å². The Morgan fingerprint density at radius 2 is 2.37 bits per heavy atom. The van der Waals surface area contributed by atoms with Crippen molar-refractivity contribution in [2.75, 3.05) is 13.6 Å². The molecular weight excluding hydrogens is 256 g/mol. The van der Waals surface area contributed by atoms with Crippen LogP contribution in [-0.4, -0.2) is 30.4 Å². The van der Waals surface area contributed by atoms with E-state index >= 15 is 0 Å². The van der Waals surface area contributed by atoms with Crippen LogP contribution in [0, 0.1) is 5.92 Å². The minimum atomic E-state index is 0.280. The number of aryl methyl sites for hydroxylation is 1. The van der Waals surface area contributed by atoms with Gasteiger partial charge in [-0.05, 0) is 49.6 Å². The zero-order valence-electron chi connectivity index (χ0n) is 11.7. The highest BCUT2D eigenvalue weighted by atomic mass is 32.1. The highest BCUT2D eigenvalue weighted by Crippen LogP contribution is 2.29. The molecule has 106 valence electrons. The van der Waals surface area contributed by atoms with Crippen LogP contribution in [0.3, 0.4) is 0 Å². The number of thiophene rings is 1. The third-order valence-electron chi connectivity index (χ3n) is 4.21. The maximum absolute atomic E-state index is 12.2. The lowest BCUT2D eigenvalue weighted by Crippen LogP contribution is -2.41. The van der Waals surface area contributed by atoms with E-state index in [-0.39, 0.29) is 5.91 Å². The number of amides is 1. The van der Waals surface area contributed by atoms with Crippen LogP contribution in [0.2, 0.25) is 0 Å². The topological polar surface area (TPSA) is 46.3 Å². The van der Waals surface area contributed by atoms with Gasteiger partial charge in [-0.1, -0.05) is 12.5 Å². The summed E-state index contributed by atoms with van der Waals surface area (Å²) >= 11 is 1.77. The third-order valence-corrected chi connectivity index (χ3v) is 5.14. The number of hydrogen-bond donors (Lipinski definition) is 1. The first kappa shape index (κ1) is 14.5. The van der Waals surface area contributed by atoms with Gasteiger partial charge in [-0.15, -0.1) is 11.3 Å². The van der Waals surface area contributed by atoms with Gasteiger partial charge in [0.1, 0.15) is 0 Å². The zero-order chi connectivity index (χ0) is 13.7. The SMILES string of the molecule is CN(C(=O)CCCc1cccs1)C1CCCC1CN. The molecule has 1 fully saturated rings. The monoisotopic (exact) mass is 280 g/mol. The van der Waals surface area contributed by atoms with Gasteiger partial charge >= 0.3 is 0 Å². The summed E-state index contributed by atoms with van der Waals surface area (Å²) in [5, 5.41) is 2.09. The minimum Gasteiger partial charge on any atom is -0.342 e. The largest absolute Gasteiger partial charge is 0.342 e. The molecule has 2 rings (SSSR count). The van der Waals surface area contributed by atoms with Gasteiger partial charge in [0.15, 0.2) is 0 Å². The molecule has 1 aliphatic carbocycles. The van der Waals surface area contributed by atoms with Crippen molar-refractivity contribution in [2.24, 2.45) is 11.7 Å². The third kappa shape index (κ3) is 3.80. The van der Waals surface area contributed by atoms with Gasteiger partial charge < -0.3 is 10.6 Å². The molecule has 2 unspecified atom stereocenters. The van der Waals surface area contributed by atoms with Crippen LogP contribution < -0.4 is 5.73 Å². The summed E-state index contributed by atoms with van der Waals surface area (Å²) in [6.07, 6.45) is 6.12. The second kappa shape index (κ2) is 7.06. The first-order chi connectivity index (χ1) is 9.22. The van der Waals surface area contributed by atoms with Crippen molar-refractivity contribution in [3.8, 4) is 0 Å². The Bertz CT molecular complexity index is 391. The number of carbonyl (C=O) groups is 1. The lowest BCUT2D eigenvalue weighted by atomic mass is 10.0. The average Bonchev–Trinajstić information content (AvgIpc) is 3.08. The quantitative estimate of drug-likeness (QED) is 0.871. The number of nitrogens with zero attached hydrogens (tertiary/aromatic N) is 1. The van der Waals surface area contributed by atoms with Crippen molar-refractivity contribution in [1.82, 2.24) is 4.90 Å². The summed E-state index contributed by atoms with van der Waals surface area (Å²) in [7, 11) is 1.95. The number of carbonyl (C=O) groups excluding carboxylic acids is 1. The van der Waals surface area contributed by atoms with E-state index in [0.29, 0.717) is 24.9 Å². The number of hydrogen-bond acceptors (Lipinski definition) is 3. The smallest absolute Gasteiger partial charge is 0.222 e. The molecule has 1 heterocycles. The molecule has 1 aliphatic rings. The Morgan fingerprint density at radius 3 is 3.05 bits per heavy atom. The molecule has 2 atom stereocenters. The van der Waals surface area contributed by atoms with E-state index in [1.807, 2.05) is 11.9 Å². The van der Waals surface area contributed by atoms with E-state index in [1.54, 1.807) is 11.3 Å². The van der Waals surface area contributed by atoms with Gasteiger partial charge in [-0.2, -0.15) is 0 Å². The summed E-state index contributed by atoms with van der Waals surface area (Å²) in [5.74, 6) is 0.785. The second-order valence-corrected chi connectivity index (χ2v) is 6.46. The van der Waals surface area contributed by atoms with Gasteiger partial charge in [0.25, 0.3) is 0 Å². The number of rotatable bonds is 6. The predicted octanol–water partition coefficient (Wildman–Crippen LogP) is 2.66. The lowest BCUT2D eigenvalue weighted by Gasteiger charge is -2.29. The summed E-state index contributed by atoms with van der Waals surface area (Å²) in [4.78, 5) is 15.5. The zero-order valence-corrected chi connectivity index (χ0v) is 12.5. The molecule has 19 heavy (non-hydrogen) atoms. The molecule has 0 aromatic carbocycles. The lowest BCUT2D eigenvalue weighted by molar-refractivity contribution is -0.132. The number of nitrogens with two attached hydrogens (primary N) is 1. The Kier molecular flexibility index (Phi) is 5.40. The summed E-state index contributed by atoms with van der Waals surface area (Å²) in [5.41, 5.74) is 5.79. The first-order valence-electron chi connectivity index (χ1n) is 7.20. The predicted molar refractivity (Wildman–Crippen MR) is 80.2 cm³/mol. The molecule has 0 bridgehead atoms. The highest BCUT2D eigenvalue weighted by Gasteiger charge is 2.31. The van der Waals surface area contributed by atoms with Crippen LogP contribution in [-0.2, 0) is 11.2 Å². The summed E-state index contributed by atoms with van der Waals surface area (Å²) < 4.78 is 0. The van der Waals surface area contributed by atoms with E-state index in [4.69, 9.17) is 5.73 Å². The fraction of sp³-hybridized carbons (Fsp3) is 0.667.